The van der Waals surface area contributed by atoms with Crippen molar-refractivity contribution in [3.8, 4) is 0 Å². The molecule has 1 aromatic carbocycles. The van der Waals surface area contributed by atoms with E-state index in [2.05, 4.69) is 46.1 Å². The van der Waals surface area contributed by atoms with Gasteiger partial charge in [-0.05, 0) is 49.1 Å². The van der Waals surface area contributed by atoms with Crippen molar-refractivity contribution in [1.29, 1.82) is 0 Å². The van der Waals surface area contributed by atoms with E-state index in [1.807, 2.05) is 6.07 Å². The van der Waals surface area contributed by atoms with Crippen LogP contribution >= 0.6 is 40.0 Å². The van der Waals surface area contributed by atoms with E-state index < -0.39 is 0 Å². The Balaban J connectivity index is 3.08. The van der Waals surface area contributed by atoms with Gasteiger partial charge in [-0.2, -0.15) is 0 Å². The molecular formula is C11H15IN2S2. The molecule has 88 valence electrons. The average molecular weight is 366 g/mol. The highest BCUT2D eigenvalue weighted by Gasteiger charge is 2.07. The van der Waals surface area contributed by atoms with Gasteiger partial charge in [0.2, 0.25) is 0 Å². The van der Waals surface area contributed by atoms with E-state index in [0.29, 0.717) is 0 Å². The first-order valence-electron chi connectivity index (χ1n) is 4.98. The molecule has 0 bridgehead atoms. The molecule has 0 spiro atoms. The number of nitrogen functional groups attached to an aromatic ring is 1. The Morgan fingerprint density at radius 2 is 2.31 bits per heavy atom. The maximum Gasteiger partial charge on any atom is 0.0616 e. The maximum absolute atomic E-state index is 5.97. The normalized spacial score (nSPS) is 10.1. The van der Waals surface area contributed by atoms with Crippen LogP contribution in [0.4, 0.5) is 11.4 Å². The van der Waals surface area contributed by atoms with Crippen LogP contribution in [0.25, 0.3) is 0 Å². The molecular weight excluding hydrogens is 351 g/mol. The van der Waals surface area contributed by atoms with Gasteiger partial charge in [0, 0.05) is 26.1 Å². The molecule has 0 radical (unpaired) electrons. The Kier molecular flexibility index (Phi) is 6.45. The van der Waals surface area contributed by atoms with E-state index in [9.17, 15) is 0 Å². The molecule has 0 aliphatic rings. The summed E-state index contributed by atoms with van der Waals surface area (Å²) in [5.41, 5.74) is 9.03. The lowest BCUT2D eigenvalue weighted by atomic mass is 10.1. The summed E-state index contributed by atoms with van der Waals surface area (Å²) >= 11 is 2.28. The lowest BCUT2D eigenvalue weighted by Gasteiger charge is -2.12. The molecule has 16 heavy (non-hydrogen) atoms. The molecule has 1 rings (SSSR count). The Bertz CT molecular complexity index is 369. The van der Waals surface area contributed by atoms with Gasteiger partial charge in [0.05, 0.1) is 11.4 Å². The zero-order chi connectivity index (χ0) is 12.0. The van der Waals surface area contributed by atoms with E-state index >= 15 is 0 Å². The second kappa shape index (κ2) is 7.34. The van der Waals surface area contributed by atoms with Crippen molar-refractivity contribution in [2.75, 3.05) is 11.1 Å². The van der Waals surface area contributed by atoms with Gasteiger partial charge < -0.3 is 11.1 Å². The Hall–Kier alpha value is -0.0100. The number of aryl methyl sites for hydroxylation is 1. The van der Waals surface area contributed by atoms with E-state index in [4.69, 9.17) is 5.73 Å². The third-order valence-electron chi connectivity index (χ3n) is 2.13. The number of nitrogens with two attached hydrogens (primary N) is 1. The molecule has 0 unspecified atom stereocenters. The zero-order valence-electron chi connectivity index (χ0n) is 9.13. The molecule has 0 amide bonds. The first-order valence-corrected chi connectivity index (χ1v) is 9.67. The average Bonchev–Trinajstić information content (AvgIpc) is 2.25. The highest BCUT2D eigenvalue weighted by Crippen LogP contribution is 2.41. The quantitative estimate of drug-likeness (QED) is 0.428. The number of hydrogen-bond donors (Lipinski definition) is 2. The summed E-state index contributed by atoms with van der Waals surface area (Å²) in [5, 5.41) is 3.06. The van der Waals surface area contributed by atoms with Crippen LogP contribution in [0, 0.1) is 0 Å². The van der Waals surface area contributed by atoms with E-state index in [0.717, 1.165) is 24.2 Å². The van der Waals surface area contributed by atoms with Gasteiger partial charge >= 0.3 is 0 Å². The van der Waals surface area contributed by atoms with Crippen LogP contribution in [0.5, 0.6) is 0 Å². The van der Waals surface area contributed by atoms with Gasteiger partial charge in [-0.3, -0.25) is 0 Å². The minimum absolute atomic E-state index is 0.771. The van der Waals surface area contributed by atoms with Gasteiger partial charge in [-0.15, -0.1) is 0 Å². The number of rotatable bonds is 6. The van der Waals surface area contributed by atoms with Gasteiger partial charge in [0.15, 0.2) is 0 Å². The predicted octanol–water partition coefficient (Wildman–Crippen LogP) is 4.87. The van der Waals surface area contributed by atoms with Crippen molar-refractivity contribution in [2.24, 2.45) is 0 Å². The van der Waals surface area contributed by atoms with Crippen molar-refractivity contribution in [3.05, 3.63) is 30.5 Å². The van der Waals surface area contributed by atoms with Crippen molar-refractivity contribution in [1.82, 2.24) is 0 Å². The van der Waals surface area contributed by atoms with Gasteiger partial charge in [0.1, 0.15) is 0 Å². The first-order chi connectivity index (χ1) is 7.72. The van der Waals surface area contributed by atoms with Crippen molar-refractivity contribution in [2.45, 2.75) is 24.7 Å². The van der Waals surface area contributed by atoms with E-state index in [1.54, 1.807) is 25.0 Å². The van der Waals surface area contributed by atoms with Gasteiger partial charge in [-0.1, -0.05) is 19.9 Å². The smallest absolute Gasteiger partial charge is 0.0616 e. The van der Waals surface area contributed by atoms with Crippen LogP contribution in [-0.2, 0) is 6.42 Å². The molecule has 1 aromatic rings. The Morgan fingerprint density at radius 1 is 1.56 bits per heavy atom. The Morgan fingerprint density at radius 3 is 2.88 bits per heavy atom. The van der Waals surface area contributed by atoms with Crippen molar-refractivity contribution >= 4 is 51.3 Å². The molecule has 0 aliphatic carbocycles. The summed E-state index contributed by atoms with van der Waals surface area (Å²) in [6.07, 6.45) is 3.86. The SMILES string of the molecule is C=CNc1cc(CCC)c(SSI)cc1N. The van der Waals surface area contributed by atoms with Crippen LogP contribution in [0.2, 0.25) is 0 Å². The van der Waals surface area contributed by atoms with Crippen LogP contribution in [0.3, 0.4) is 0 Å². The number of anilines is 2. The second-order valence-electron chi connectivity index (χ2n) is 3.29. The molecule has 0 saturated carbocycles. The van der Waals surface area contributed by atoms with Crippen LogP contribution < -0.4 is 11.1 Å². The summed E-state index contributed by atoms with van der Waals surface area (Å²) in [6, 6.07) is 4.16. The number of nitrogens with one attached hydrogen (secondary N) is 1. The number of halogens is 1. The van der Waals surface area contributed by atoms with Crippen molar-refractivity contribution < 1.29 is 0 Å². The standard InChI is InChI=1S/C11H15IN2S2/c1-3-5-8-6-10(14-4-2)9(13)7-11(8)15-16-12/h4,6-7,14H,2-3,5,13H2,1H3. The van der Waals surface area contributed by atoms with Crippen LogP contribution in [-0.4, -0.2) is 0 Å². The third-order valence-corrected chi connectivity index (χ3v) is 5.10. The highest BCUT2D eigenvalue weighted by atomic mass is 127. The topological polar surface area (TPSA) is 38.0 Å². The molecule has 0 fully saturated rings. The fourth-order valence-electron chi connectivity index (χ4n) is 1.45. The summed E-state index contributed by atoms with van der Waals surface area (Å²) in [6.45, 7) is 5.84. The monoisotopic (exact) mass is 366 g/mol. The fourth-order valence-corrected chi connectivity index (χ4v) is 4.37. The molecule has 0 aromatic heterocycles. The maximum atomic E-state index is 5.97. The van der Waals surface area contributed by atoms with E-state index in [-0.39, 0.29) is 0 Å². The summed E-state index contributed by atoms with van der Waals surface area (Å²) in [5.74, 6) is 0. The number of benzene rings is 1. The number of hydrogen-bond acceptors (Lipinski definition) is 4. The Labute approximate surface area is 117 Å². The second-order valence-corrected chi connectivity index (χ2v) is 8.14. The summed E-state index contributed by atoms with van der Waals surface area (Å²) in [4.78, 5) is 1.26. The van der Waals surface area contributed by atoms with Gasteiger partial charge in [0.25, 0.3) is 0 Å². The van der Waals surface area contributed by atoms with E-state index in [1.165, 1.54) is 10.5 Å². The lowest BCUT2D eigenvalue weighted by Crippen LogP contribution is -1.98. The zero-order valence-corrected chi connectivity index (χ0v) is 12.9. The fraction of sp³-hybridized carbons (Fsp3) is 0.273. The molecule has 2 nitrogen and oxygen atoms in total. The molecule has 0 heterocycles. The molecule has 0 saturated heterocycles. The minimum Gasteiger partial charge on any atom is -0.397 e. The van der Waals surface area contributed by atoms with Crippen LogP contribution in [0.1, 0.15) is 18.9 Å². The predicted molar refractivity (Wildman–Crippen MR) is 86.1 cm³/mol. The molecule has 0 atom stereocenters. The molecule has 3 N–H and O–H groups in total. The minimum atomic E-state index is 0.771. The summed E-state index contributed by atoms with van der Waals surface area (Å²) in [7, 11) is 3.47. The first kappa shape index (κ1) is 14.1. The largest absolute Gasteiger partial charge is 0.397 e. The molecule has 0 aliphatic heterocycles. The van der Waals surface area contributed by atoms with Crippen LogP contribution in [0.15, 0.2) is 29.8 Å². The summed E-state index contributed by atoms with van der Waals surface area (Å²) < 4.78 is 0. The van der Waals surface area contributed by atoms with Gasteiger partial charge in [-0.25, -0.2) is 0 Å². The van der Waals surface area contributed by atoms with Crippen molar-refractivity contribution in [3.63, 3.8) is 0 Å². The highest BCUT2D eigenvalue weighted by molar-refractivity contribution is 14.2. The molecule has 5 heteroatoms. The third kappa shape index (κ3) is 3.78. The lowest BCUT2D eigenvalue weighted by molar-refractivity contribution is 0.902.